The molecule has 0 spiro atoms. The first kappa shape index (κ1) is 15.7. The molecule has 4 nitrogen and oxygen atoms in total. The lowest BCUT2D eigenvalue weighted by atomic mass is 10.0. The van der Waals surface area contributed by atoms with Crippen molar-refractivity contribution in [2.75, 3.05) is 19.7 Å². The van der Waals surface area contributed by atoms with Gasteiger partial charge in [0.25, 0.3) is 0 Å². The predicted molar refractivity (Wildman–Crippen MR) is 90.0 cm³/mol. The highest BCUT2D eigenvalue weighted by atomic mass is 16.5. The second-order valence-corrected chi connectivity index (χ2v) is 5.90. The topological polar surface area (TPSA) is 55.6 Å². The predicted octanol–water partition coefficient (Wildman–Crippen LogP) is 2.75. The normalized spacial score (nSPS) is 19.2. The van der Waals surface area contributed by atoms with Crippen molar-refractivity contribution in [2.45, 2.75) is 19.1 Å². The number of nitrogens with zero attached hydrogens (tertiary/aromatic N) is 1. The van der Waals surface area contributed by atoms with E-state index in [1.165, 1.54) is 5.56 Å². The second-order valence-electron chi connectivity index (χ2n) is 5.90. The summed E-state index contributed by atoms with van der Waals surface area (Å²) in [5, 5.41) is 0. The summed E-state index contributed by atoms with van der Waals surface area (Å²) in [6.07, 6.45) is 1.03. The Kier molecular flexibility index (Phi) is 5.05. The molecule has 4 heteroatoms. The molecule has 3 rings (SSSR count). The smallest absolute Gasteiger partial charge is 0.248 e. The van der Waals surface area contributed by atoms with Gasteiger partial charge in [-0.15, -0.1) is 0 Å². The largest absolute Gasteiger partial charge is 0.372 e. The Morgan fingerprint density at radius 2 is 1.83 bits per heavy atom. The van der Waals surface area contributed by atoms with Gasteiger partial charge in [0.05, 0.1) is 12.7 Å². The number of hydrogen-bond donors (Lipinski definition) is 1. The number of rotatable bonds is 4. The van der Waals surface area contributed by atoms with Crippen molar-refractivity contribution >= 4 is 5.91 Å². The van der Waals surface area contributed by atoms with Gasteiger partial charge in [-0.1, -0.05) is 42.5 Å². The lowest BCUT2D eigenvalue weighted by Crippen LogP contribution is -2.25. The average Bonchev–Trinajstić information content (AvgIpc) is 2.81. The fourth-order valence-electron chi connectivity index (χ4n) is 2.94. The first-order valence-corrected chi connectivity index (χ1v) is 8.00. The van der Waals surface area contributed by atoms with Crippen molar-refractivity contribution in [1.82, 2.24) is 4.90 Å². The number of primary amides is 1. The van der Waals surface area contributed by atoms with Gasteiger partial charge >= 0.3 is 0 Å². The van der Waals surface area contributed by atoms with Crippen molar-refractivity contribution in [1.29, 1.82) is 0 Å². The van der Waals surface area contributed by atoms with Gasteiger partial charge in [-0.05, 0) is 29.7 Å². The Hall–Kier alpha value is -2.17. The van der Waals surface area contributed by atoms with E-state index >= 15 is 0 Å². The molecule has 2 aromatic carbocycles. The summed E-state index contributed by atoms with van der Waals surface area (Å²) >= 11 is 0. The first-order chi connectivity index (χ1) is 11.2. The maximum atomic E-state index is 11.1. The monoisotopic (exact) mass is 310 g/mol. The third-order valence-corrected chi connectivity index (χ3v) is 4.25. The summed E-state index contributed by atoms with van der Waals surface area (Å²) < 4.78 is 6.00. The molecule has 1 fully saturated rings. The van der Waals surface area contributed by atoms with Crippen LogP contribution in [-0.2, 0) is 11.3 Å². The number of carbonyl (C=O) groups excluding carboxylic acids is 1. The van der Waals surface area contributed by atoms with Gasteiger partial charge < -0.3 is 10.5 Å². The van der Waals surface area contributed by atoms with Crippen LogP contribution in [0.2, 0.25) is 0 Å². The molecule has 1 heterocycles. The molecule has 0 saturated carbocycles. The fraction of sp³-hybridized carbons (Fsp3) is 0.316. The van der Waals surface area contributed by atoms with Crippen LogP contribution in [0.4, 0.5) is 0 Å². The van der Waals surface area contributed by atoms with Gasteiger partial charge in [0.2, 0.25) is 5.91 Å². The number of ether oxygens (including phenoxy) is 1. The number of nitrogens with two attached hydrogens (primary N) is 1. The molecule has 0 bridgehead atoms. The summed E-state index contributed by atoms with van der Waals surface area (Å²) in [6, 6.07) is 17.9. The van der Waals surface area contributed by atoms with E-state index in [-0.39, 0.29) is 6.10 Å². The lowest BCUT2D eigenvalue weighted by molar-refractivity contribution is 0.0615. The molecule has 0 aromatic heterocycles. The van der Waals surface area contributed by atoms with Gasteiger partial charge in [0, 0.05) is 25.2 Å². The van der Waals surface area contributed by atoms with E-state index in [9.17, 15) is 4.79 Å². The molecule has 2 N–H and O–H groups in total. The van der Waals surface area contributed by atoms with Gasteiger partial charge in [-0.25, -0.2) is 0 Å². The zero-order valence-corrected chi connectivity index (χ0v) is 13.2. The van der Waals surface area contributed by atoms with Gasteiger partial charge in [-0.3, -0.25) is 9.69 Å². The molecule has 0 radical (unpaired) electrons. The zero-order valence-electron chi connectivity index (χ0n) is 13.2. The first-order valence-electron chi connectivity index (χ1n) is 8.00. The molecule has 1 aliphatic heterocycles. The third-order valence-electron chi connectivity index (χ3n) is 4.25. The summed E-state index contributed by atoms with van der Waals surface area (Å²) in [7, 11) is 0. The van der Waals surface area contributed by atoms with E-state index in [0.717, 1.165) is 38.2 Å². The molecular weight excluding hydrogens is 288 g/mol. The molecule has 1 amide bonds. The Labute approximate surface area is 136 Å². The highest BCUT2D eigenvalue weighted by molar-refractivity contribution is 5.92. The van der Waals surface area contributed by atoms with Crippen LogP contribution in [-0.4, -0.2) is 30.5 Å². The SMILES string of the molecule is NC(=O)c1ccc(C2CCN(Cc3ccccc3)CCO2)cc1. The van der Waals surface area contributed by atoms with Crippen LogP contribution in [0.15, 0.2) is 54.6 Å². The standard InChI is InChI=1S/C19H22N2O2/c20-19(22)17-8-6-16(7-9-17)18-10-11-21(12-13-23-18)14-15-4-2-1-3-5-15/h1-9,18H,10-14H2,(H2,20,22). The Balaban J connectivity index is 1.60. The molecular formula is C19H22N2O2. The molecule has 0 aliphatic carbocycles. The Morgan fingerprint density at radius 1 is 1.09 bits per heavy atom. The van der Waals surface area contributed by atoms with Crippen molar-refractivity contribution in [2.24, 2.45) is 5.73 Å². The number of benzene rings is 2. The summed E-state index contributed by atoms with van der Waals surface area (Å²) in [5.74, 6) is -0.396. The number of amides is 1. The average molecular weight is 310 g/mol. The van der Waals surface area contributed by atoms with Crippen LogP contribution in [0.5, 0.6) is 0 Å². The number of hydrogen-bond acceptors (Lipinski definition) is 3. The Morgan fingerprint density at radius 3 is 2.52 bits per heavy atom. The maximum Gasteiger partial charge on any atom is 0.248 e. The van der Waals surface area contributed by atoms with Crippen LogP contribution in [0.1, 0.15) is 34.0 Å². The molecule has 2 aromatic rings. The Bertz CT molecular complexity index is 640. The van der Waals surface area contributed by atoms with Crippen molar-refractivity contribution in [3.05, 3.63) is 71.3 Å². The van der Waals surface area contributed by atoms with E-state index in [0.29, 0.717) is 5.56 Å². The van der Waals surface area contributed by atoms with Crippen molar-refractivity contribution < 1.29 is 9.53 Å². The molecule has 1 unspecified atom stereocenters. The zero-order chi connectivity index (χ0) is 16.1. The van der Waals surface area contributed by atoms with Gasteiger partial charge in [-0.2, -0.15) is 0 Å². The lowest BCUT2D eigenvalue weighted by Gasteiger charge is -2.19. The summed E-state index contributed by atoms with van der Waals surface area (Å²) in [4.78, 5) is 13.6. The highest BCUT2D eigenvalue weighted by Gasteiger charge is 2.19. The van der Waals surface area contributed by atoms with Crippen LogP contribution >= 0.6 is 0 Å². The summed E-state index contributed by atoms with van der Waals surface area (Å²) in [6.45, 7) is 3.61. The van der Waals surface area contributed by atoms with Crippen LogP contribution in [0.25, 0.3) is 0 Å². The molecule has 1 saturated heterocycles. The number of carbonyl (C=O) groups is 1. The van der Waals surface area contributed by atoms with E-state index in [1.54, 1.807) is 12.1 Å². The van der Waals surface area contributed by atoms with E-state index in [4.69, 9.17) is 10.5 Å². The van der Waals surface area contributed by atoms with Crippen LogP contribution < -0.4 is 5.73 Å². The van der Waals surface area contributed by atoms with E-state index in [2.05, 4.69) is 29.2 Å². The fourth-order valence-corrected chi connectivity index (χ4v) is 2.94. The van der Waals surface area contributed by atoms with Crippen molar-refractivity contribution in [3.63, 3.8) is 0 Å². The van der Waals surface area contributed by atoms with Crippen molar-refractivity contribution in [3.8, 4) is 0 Å². The minimum absolute atomic E-state index is 0.0812. The molecule has 120 valence electrons. The molecule has 1 aliphatic rings. The minimum Gasteiger partial charge on any atom is -0.372 e. The minimum atomic E-state index is -0.396. The highest BCUT2D eigenvalue weighted by Crippen LogP contribution is 2.24. The summed E-state index contributed by atoms with van der Waals surface area (Å²) in [5.41, 5.74) is 8.26. The third kappa shape index (κ3) is 4.18. The quantitative estimate of drug-likeness (QED) is 0.944. The van der Waals surface area contributed by atoms with Gasteiger partial charge in [0.1, 0.15) is 0 Å². The second kappa shape index (κ2) is 7.40. The van der Waals surface area contributed by atoms with Crippen LogP contribution in [0, 0.1) is 0 Å². The van der Waals surface area contributed by atoms with Crippen LogP contribution in [0.3, 0.4) is 0 Å². The van der Waals surface area contributed by atoms with E-state index < -0.39 is 5.91 Å². The van der Waals surface area contributed by atoms with E-state index in [1.807, 2.05) is 18.2 Å². The molecule has 1 atom stereocenters. The maximum absolute atomic E-state index is 11.1. The van der Waals surface area contributed by atoms with Gasteiger partial charge in [0.15, 0.2) is 0 Å². The molecule has 23 heavy (non-hydrogen) atoms.